The lowest BCUT2D eigenvalue weighted by Gasteiger charge is -2.20. The molecule has 5 nitrogen and oxygen atoms in total. The summed E-state index contributed by atoms with van der Waals surface area (Å²) >= 11 is 5.96. The predicted molar refractivity (Wildman–Crippen MR) is 106 cm³/mol. The van der Waals surface area contributed by atoms with Gasteiger partial charge in [-0.1, -0.05) is 54.1 Å². The summed E-state index contributed by atoms with van der Waals surface area (Å²) in [6, 6.07) is 21.9. The van der Waals surface area contributed by atoms with Crippen molar-refractivity contribution in [2.24, 2.45) is 0 Å². The van der Waals surface area contributed by atoms with Gasteiger partial charge in [0.25, 0.3) is 5.91 Å². The Kier molecular flexibility index (Phi) is 6.29. The number of carbonyl (C=O) groups is 2. The number of halogens is 1. The number of rotatable bonds is 6. The highest BCUT2D eigenvalue weighted by Gasteiger charge is 2.18. The standard InChI is InChI=1S/C22H18ClNO4/c23-18-10-6-16(7-11-18)21(15-4-2-1-3-5-15)24-20(26)14-28-22(27)17-8-12-19(25)13-9-17/h1-13,21,25H,14H2,(H,24,26). The van der Waals surface area contributed by atoms with Crippen molar-refractivity contribution in [1.29, 1.82) is 0 Å². The molecule has 0 aliphatic rings. The molecule has 6 heteroatoms. The first-order chi connectivity index (χ1) is 13.5. The van der Waals surface area contributed by atoms with Gasteiger partial charge in [-0.3, -0.25) is 4.79 Å². The monoisotopic (exact) mass is 395 g/mol. The van der Waals surface area contributed by atoms with E-state index in [1.54, 1.807) is 12.1 Å². The van der Waals surface area contributed by atoms with Crippen LogP contribution in [0, 0.1) is 0 Å². The maximum absolute atomic E-state index is 12.4. The van der Waals surface area contributed by atoms with Crippen LogP contribution in [0.5, 0.6) is 5.75 Å². The van der Waals surface area contributed by atoms with Gasteiger partial charge in [-0.15, -0.1) is 0 Å². The Morgan fingerprint density at radius 1 is 0.893 bits per heavy atom. The number of ether oxygens (including phenoxy) is 1. The molecule has 28 heavy (non-hydrogen) atoms. The van der Waals surface area contributed by atoms with Crippen molar-refractivity contribution < 1.29 is 19.4 Å². The Balaban J connectivity index is 1.68. The SMILES string of the molecule is O=C(COC(=O)c1ccc(O)cc1)NC(c1ccccc1)c1ccc(Cl)cc1. The Labute approximate surface area is 167 Å². The largest absolute Gasteiger partial charge is 0.508 e. The van der Waals surface area contributed by atoms with E-state index in [1.807, 2.05) is 42.5 Å². The predicted octanol–water partition coefficient (Wildman–Crippen LogP) is 4.11. The average molecular weight is 396 g/mol. The number of hydrogen-bond acceptors (Lipinski definition) is 4. The van der Waals surface area contributed by atoms with E-state index in [2.05, 4.69) is 5.32 Å². The van der Waals surface area contributed by atoms with Crippen molar-refractivity contribution in [1.82, 2.24) is 5.32 Å². The number of benzene rings is 3. The average Bonchev–Trinajstić information content (AvgIpc) is 2.72. The van der Waals surface area contributed by atoms with Gasteiger partial charge in [0.15, 0.2) is 6.61 Å². The molecule has 0 radical (unpaired) electrons. The van der Waals surface area contributed by atoms with Gasteiger partial charge in [0, 0.05) is 5.02 Å². The molecule has 1 atom stereocenters. The maximum atomic E-state index is 12.4. The highest BCUT2D eigenvalue weighted by Crippen LogP contribution is 2.23. The summed E-state index contributed by atoms with van der Waals surface area (Å²) in [5.41, 5.74) is 2.00. The van der Waals surface area contributed by atoms with Crippen molar-refractivity contribution in [2.75, 3.05) is 6.61 Å². The minimum absolute atomic E-state index is 0.0444. The maximum Gasteiger partial charge on any atom is 0.338 e. The van der Waals surface area contributed by atoms with Crippen LogP contribution in [0.2, 0.25) is 5.02 Å². The van der Waals surface area contributed by atoms with Crippen molar-refractivity contribution in [3.8, 4) is 5.75 Å². The van der Waals surface area contributed by atoms with Gasteiger partial charge in [0.05, 0.1) is 11.6 Å². The fourth-order valence-corrected chi connectivity index (χ4v) is 2.80. The van der Waals surface area contributed by atoms with Crippen LogP contribution in [0.1, 0.15) is 27.5 Å². The smallest absolute Gasteiger partial charge is 0.338 e. The van der Waals surface area contributed by atoms with E-state index in [1.165, 1.54) is 24.3 Å². The molecule has 1 amide bonds. The van der Waals surface area contributed by atoms with Crippen molar-refractivity contribution in [3.63, 3.8) is 0 Å². The van der Waals surface area contributed by atoms with Gasteiger partial charge in [-0.25, -0.2) is 4.79 Å². The quantitative estimate of drug-likeness (QED) is 0.616. The van der Waals surface area contributed by atoms with Gasteiger partial charge in [0.1, 0.15) is 5.75 Å². The number of nitrogens with one attached hydrogen (secondary N) is 1. The topological polar surface area (TPSA) is 75.6 Å². The zero-order valence-electron chi connectivity index (χ0n) is 14.8. The molecule has 1 unspecified atom stereocenters. The minimum Gasteiger partial charge on any atom is -0.508 e. The molecule has 0 aliphatic heterocycles. The van der Waals surface area contributed by atoms with E-state index in [4.69, 9.17) is 16.3 Å². The molecule has 3 aromatic carbocycles. The lowest BCUT2D eigenvalue weighted by atomic mass is 9.99. The fraction of sp³-hybridized carbons (Fsp3) is 0.0909. The highest BCUT2D eigenvalue weighted by atomic mass is 35.5. The van der Waals surface area contributed by atoms with Crippen LogP contribution in [-0.4, -0.2) is 23.6 Å². The van der Waals surface area contributed by atoms with Crippen LogP contribution >= 0.6 is 11.6 Å². The molecular weight excluding hydrogens is 378 g/mol. The van der Waals surface area contributed by atoms with Gasteiger partial charge in [0.2, 0.25) is 0 Å². The lowest BCUT2D eigenvalue weighted by molar-refractivity contribution is -0.124. The van der Waals surface area contributed by atoms with Crippen LogP contribution in [-0.2, 0) is 9.53 Å². The molecule has 142 valence electrons. The fourth-order valence-electron chi connectivity index (χ4n) is 2.67. The summed E-state index contributed by atoms with van der Waals surface area (Å²) in [6.07, 6.45) is 0. The van der Waals surface area contributed by atoms with Crippen LogP contribution in [0.4, 0.5) is 0 Å². The molecule has 0 saturated heterocycles. The third-order valence-electron chi connectivity index (χ3n) is 4.08. The summed E-state index contributed by atoms with van der Waals surface area (Å²) < 4.78 is 5.07. The molecule has 2 N–H and O–H groups in total. The normalized spacial score (nSPS) is 11.5. The lowest BCUT2D eigenvalue weighted by Crippen LogP contribution is -2.33. The van der Waals surface area contributed by atoms with Gasteiger partial charge >= 0.3 is 5.97 Å². The third kappa shape index (κ3) is 5.11. The number of amides is 1. The number of aromatic hydroxyl groups is 1. The van der Waals surface area contributed by atoms with Crippen LogP contribution in [0.3, 0.4) is 0 Å². The van der Waals surface area contributed by atoms with E-state index in [9.17, 15) is 14.7 Å². The molecule has 0 saturated carbocycles. The second-order valence-electron chi connectivity index (χ2n) is 6.09. The summed E-state index contributed by atoms with van der Waals surface area (Å²) in [6.45, 7) is -0.420. The van der Waals surface area contributed by atoms with E-state index >= 15 is 0 Å². The van der Waals surface area contributed by atoms with Crippen LogP contribution < -0.4 is 5.32 Å². The van der Waals surface area contributed by atoms with E-state index in [0.29, 0.717) is 5.02 Å². The Bertz CT molecular complexity index is 941. The van der Waals surface area contributed by atoms with E-state index in [0.717, 1.165) is 11.1 Å². The molecule has 0 heterocycles. The first-order valence-corrected chi connectivity index (χ1v) is 8.96. The Morgan fingerprint density at radius 2 is 1.50 bits per heavy atom. The summed E-state index contributed by atoms with van der Waals surface area (Å²) in [7, 11) is 0. The highest BCUT2D eigenvalue weighted by molar-refractivity contribution is 6.30. The summed E-state index contributed by atoms with van der Waals surface area (Å²) in [5, 5.41) is 12.8. The molecular formula is C22H18ClNO4. The molecule has 0 fully saturated rings. The molecule has 0 aromatic heterocycles. The number of hydrogen-bond donors (Lipinski definition) is 2. The molecule has 3 aromatic rings. The number of carbonyl (C=O) groups excluding carboxylic acids is 2. The van der Waals surface area contributed by atoms with Crippen molar-refractivity contribution in [3.05, 3.63) is 101 Å². The van der Waals surface area contributed by atoms with Gasteiger partial charge in [-0.2, -0.15) is 0 Å². The Morgan fingerprint density at radius 3 is 2.14 bits per heavy atom. The minimum atomic E-state index is -0.641. The van der Waals surface area contributed by atoms with Gasteiger partial charge in [-0.05, 0) is 47.5 Å². The van der Waals surface area contributed by atoms with Crippen LogP contribution in [0.25, 0.3) is 0 Å². The third-order valence-corrected chi connectivity index (χ3v) is 4.33. The van der Waals surface area contributed by atoms with Crippen molar-refractivity contribution >= 4 is 23.5 Å². The Hall–Kier alpha value is -3.31. The molecule has 0 spiro atoms. The molecule has 0 aliphatic carbocycles. The first-order valence-electron chi connectivity index (χ1n) is 8.59. The molecule has 3 rings (SSSR count). The second kappa shape index (κ2) is 9.06. The summed E-state index contributed by atoms with van der Waals surface area (Å²) in [4.78, 5) is 24.4. The van der Waals surface area contributed by atoms with Gasteiger partial charge < -0.3 is 15.2 Å². The number of esters is 1. The molecule has 0 bridgehead atoms. The number of phenolic OH excluding ortho intramolecular Hbond substituents is 1. The van der Waals surface area contributed by atoms with Crippen LogP contribution in [0.15, 0.2) is 78.9 Å². The van der Waals surface area contributed by atoms with E-state index < -0.39 is 24.5 Å². The summed E-state index contributed by atoms with van der Waals surface area (Å²) in [5.74, 6) is -1.03. The van der Waals surface area contributed by atoms with E-state index in [-0.39, 0.29) is 11.3 Å². The number of phenols is 1. The van der Waals surface area contributed by atoms with Crippen molar-refractivity contribution in [2.45, 2.75) is 6.04 Å². The zero-order valence-corrected chi connectivity index (χ0v) is 15.6. The first kappa shape index (κ1) is 19.5. The second-order valence-corrected chi connectivity index (χ2v) is 6.52. The zero-order chi connectivity index (χ0) is 19.9.